The smallest absolute Gasteiger partial charge is 0.0589 e. The molecule has 1 N–H and O–H groups in total. The van der Waals surface area contributed by atoms with E-state index in [1.807, 2.05) is 0 Å². The summed E-state index contributed by atoms with van der Waals surface area (Å²) in [5, 5.41) is 3.43. The summed E-state index contributed by atoms with van der Waals surface area (Å²) < 4.78 is 5.21. The second-order valence-corrected chi connectivity index (χ2v) is 4.60. The van der Waals surface area contributed by atoms with Crippen LogP contribution in [-0.4, -0.2) is 44.3 Å². The van der Waals surface area contributed by atoms with E-state index in [1.54, 1.807) is 7.11 Å². The Balaban J connectivity index is 1.94. The van der Waals surface area contributed by atoms with Gasteiger partial charge < -0.3 is 10.1 Å². The van der Waals surface area contributed by atoms with E-state index in [0.717, 1.165) is 32.8 Å². The summed E-state index contributed by atoms with van der Waals surface area (Å²) in [6.07, 6.45) is 1.25. The number of hydrogen-bond donors (Lipinski definition) is 1. The third kappa shape index (κ3) is 3.80. The van der Waals surface area contributed by atoms with Crippen LogP contribution in [-0.2, 0) is 11.3 Å². The molecule has 3 heteroatoms. The van der Waals surface area contributed by atoms with E-state index in [4.69, 9.17) is 4.74 Å². The van der Waals surface area contributed by atoms with Crippen LogP contribution in [0.2, 0.25) is 0 Å². The molecular formula is C14H22N2O. The van der Waals surface area contributed by atoms with Crippen LogP contribution in [0.5, 0.6) is 0 Å². The first kappa shape index (κ1) is 12.6. The molecule has 1 aromatic rings. The lowest BCUT2D eigenvalue weighted by molar-refractivity contribution is 0.119. The van der Waals surface area contributed by atoms with Crippen LogP contribution < -0.4 is 5.32 Å². The molecule has 1 aromatic carbocycles. The second kappa shape index (κ2) is 6.74. The van der Waals surface area contributed by atoms with Crippen molar-refractivity contribution in [2.24, 2.45) is 0 Å². The van der Waals surface area contributed by atoms with Crippen LogP contribution >= 0.6 is 0 Å². The molecule has 1 saturated heterocycles. The van der Waals surface area contributed by atoms with Crippen LogP contribution in [0.1, 0.15) is 12.0 Å². The lowest BCUT2D eigenvalue weighted by atomic mass is 10.1. The molecule has 0 aromatic heterocycles. The van der Waals surface area contributed by atoms with Crippen molar-refractivity contribution in [3.8, 4) is 0 Å². The lowest BCUT2D eigenvalue weighted by Crippen LogP contribution is -2.38. The first-order valence-corrected chi connectivity index (χ1v) is 6.38. The Kier molecular flexibility index (Phi) is 4.98. The number of rotatable bonds is 6. The molecule has 1 fully saturated rings. The first-order valence-electron chi connectivity index (χ1n) is 6.38. The van der Waals surface area contributed by atoms with Crippen molar-refractivity contribution in [3.05, 3.63) is 35.9 Å². The van der Waals surface area contributed by atoms with E-state index < -0.39 is 0 Å². The third-order valence-corrected chi connectivity index (χ3v) is 3.36. The molecule has 0 bridgehead atoms. The van der Waals surface area contributed by atoms with Gasteiger partial charge in [-0.2, -0.15) is 0 Å². The number of nitrogens with zero attached hydrogens (tertiary/aromatic N) is 1. The second-order valence-electron chi connectivity index (χ2n) is 4.60. The number of ether oxygens (including phenoxy) is 1. The molecule has 1 atom stereocenters. The van der Waals surface area contributed by atoms with Gasteiger partial charge in [0.25, 0.3) is 0 Å². The zero-order valence-corrected chi connectivity index (χ0v) is 10.6. The van der Waals surface area contributed by atoms with E-state index in [0.29, 0.717) is 6.04 Å². The molecule has 0 spiro atoms. The van der Waals surface area contributed by atoms with E-state index in [9.17, 15) is 0 Å². The van der Waals surface area contributed by atoms with Crippen molar-refractivity contribution in [2.45, 2.75) is 19.0 Å². The summed E-state index contributed by atoms with van der Waals surface area (Å²) >= 11 is 0. The molecule has 1 aliphatic heterocycles. The highest BCUT2D eigenvalue weighted by molar-refractivity contribution is 5.14. The fourth-order valence-corrected chi connectivity index (χ4v) is 2.37. The predicted octanol–water partition coefficient (Wildman–Crippen LogP) is 1.50. The first-order chi connectivity index (χ1) is 8.40. The van der Waals surface area contributed by atoms with Crippen LogP contribution in [0.25, 0.3) is 0 Å². The SMILES string of the molecule is COCCN(Cc1ccccc1)C1CCNC1. The molecule has 1 aliphatic rings. The quantitative estimate of drug-likeness (QED) is 0.807. The number of hydrogen-bond acceptors (Lipinski definition) is 3. The highest BCUT2D eigenvalue weighted by Gasteiger charge is 2.21. The maximum absolute atomic E-state index is 5.21. The van der Waals surface area contributed by atoms with Crippen molar-refractivity contribution < 1.29 is 4.74 Å². The van der Waals surface area contributed by atoms with Gasteiger partial charge in [-0.25, -0.2) is 0 Å². The Hall–Kier alpha value is -0.900. The summed E-state index contributed by atoms with van der Waals surface area (Å²) in [4.78, 5) is 2.53. The average molecular weight is 234 g/mol. The van der Waals surface area contributed by atoms with Gasteiger partial charge >= 0.3 is 0 Å². The zero-order valence-electron chi connectivity index (χ0n) is 10.6. The largest absolute Gasteiger partial charge is 0.383 e. The van der Waals surface area contributed by atoms with Crippen molar-refractivity contribution in [1.82, 2.24) is 10.2 Å². The molecule has 1 heterocycles. The van der Waals surface area contributed by atoms with Gasteiger partial charge in [0.2, 0.25) is 0 Å². The molecule has 0 saturated carbocycles. The lowest BCUT2D eigenvalue weighted by Gasteiger charge is -2.28. The van der Waals surface area contributed by atoms with Gasteiger partial charge in [-0.1, -0.05) is 30.3 Å². The predicted molar refractivity (Wildman–Crippen MR) is 70.0 cm³/mol. The molecule has 0 amide bonds. The Bertz CT molecular complexity index is 309. The molecule has 0 radical (unpaired) electrons. The van der Waals surface area contributed by atoms with Crippen LogP contribution in [0.3, 0.4) is 0 Å². The van der Waals surface area contributed by atoms with Crippen molar-refractivity contribution in [2.75, 3.05) is 33.4 Å². The molecule has 2 rings (SSSR count). The van der Waals surface area contributed by atoms with Crippen LogP contribution in [0, 0.1) is 0 Å². The average Bonchev–Trinajstić information content (AvgIpc) is 2.89. The Morgan fingerprint density at radius 2 is 2.18 bits per heavy atom. The normalized spacial score (nSPS) is 20.0. The minimum absolute atomic E-state index is 0.658. The number of nitrogens with one attached hydrogen (secondary N) is 1. The standard InChI is InChI=1S/C14H22N2O/c1-17-10-9-16(14-7-8-15-11-14)12-13-5-3-2-4-6-13/h2-6,14-15H,7-12H2,1H3. The highest BCUT2D eigenvalue weighted by Crippen LogP contribution is 2.13. The van der Waals surface area contributed by atoms with Crippen LogP contribution in [0.15, 0.2) is 30.3 Å². The molecule has 1 unspecified atom stereocenters. The Labute approximate surface area is 104 Å². The van der Waals surface area contributed by atoms with Crippen molar-refractivity contribution in [3.63, 3.8) is 0 Å². The van der Waals surface area contributed by atoms with E-state index >= 15 is 0 Å². The van der Waals surface area contributed by atoms with Gasteiger partial charge in [0.05, 0.1) is 6.61 Å². The fourth-order valence-electron chi connectivity index (χ4n) is 2.37. The van der Waals surface area contributed by atoms with Gasteiger partial charge in [0.1, 0.15) is 0 Å². The third-order valence-electron chi connectivity index (χ3n) is 3.36. The maximum Gasteiger partial charge on any atom is 0.0589 e. The van der Waals surface area contributed by atoms with E-state index in [1.165, 1.54) is 12.0 Å². The van der Waals surface area contributed by atoms with Gasteiger partial charge in [-0.15, -0.1) is 0 Å². The highest BCUT2D eigenvalue weighted by atomic mass is 16.5. The number of methoxy groups -OCH3 is 1. The van der Waals surface area contributed by atoms with Gasteiger partial charge in [0.15, 0.2) is 0 Å². The minimum atomic E-state index is 0.658. The summed E-state index contributed by atoms with van der Waals surface area (Å²) in [5.41, 5.74) is 1.38. The Morgan fingerprint density at radius 3 is 2.82 bits per heavy atom. The van der Waals surface area contributed by atoms with Gasteiger partial charge in [-0.3, -0.25) is 4.90 Å². The fraction of sp³-hybridized carbons (Fsp3) is 0.571. The summed E-state index contributed by atoms with van der Waals surface area (Å²) in [6, 6.07) is 11.3. The van der Waals surface area contributed by atoms with Crippen LogP contribution in [0.4, 0.5) is 0 Å². The Morgan fingerprint density at radius 1 is 1.35 bits per heavy atom. The molecule has 17 heavy (non-hydrogen) atoms. The van der Waals surface area contributed by atoms with Gasteiger partial charge in [-0.05, 0) is 18.5 Å². The number of benzene rings is 1. The molecule has 3 nitrogen and oxygen atoms in total. The molecule has 94 valence electrons. The molecule has 0 aliphatic carbocycles. The van der Waals surface area contributed by atoms with Crippen molar-refractivity contribution in [1.29, 1.82) is 0 Å². The van der Waals surface area contributed by atoms with E-state index in [2.05, 4.69) is 40.5 Å². The zero-order chi connectivity index (χ0) is 11.9. The molecular weight excluding hydrogens is 212 g/mol. The van der Waals surface area contributed by atoms with E-state index in [-0.39, 0.29) is 0 Å². The topological polar surface area (TPSA) is 24.5 Å². The summed E-state index contributed by atoms with van der Waals surface area (Å²) in [6.45, 7) is 5.09. The van der Waals surface area contributed by atoms with Gasteiger partial charge in [0, 0.05) is 32.8 Å². The minimum Gasteiger partial charge on any atom is -0.383 e. The summed E-state index contributed by atoms with van der Waals surface area (Å²) in [5.74, 6) is 0. The monoisotopic (exact) mass is 234 g/mol. The maximum atomic E-state index is 5.21. The summed E-state index contributed by atoms with van der Waals surface area (Å²) in [7, 11) is 1.77. The van der Waals surface area contributed by atoms with Crippen molar-refractivity contribution >= 4 is 0 Å².